The fourth-order valence-electron chi connectivity index (χ4n) is 1.89. The van der Waals surface area contributed by atoms with Crippen LogP contribution in [0, 0.1) is 6.92 Å². The smallest absolute Gasteiger partial charge is 0.0712 e. The first-order valence-electron chi connectivity index (χ1n) is 6.58. The Morgan fingerprint density at radius 3 is 2.16 bits per heavy atom. The van der Waals surface area contributed by atoms with E-state index in [0.29, 0.717) is 0 Å². The molecule has 0 bridgehead atoms. The molecule has 1 nitrogen and oxygen atoms in total. The SMILES string of the molecule is C=Cc1nc(-c2ccccc2)cc(C)c1C=C.CC. The zero-order valence-corrected chi connectivity index (χ0v) is 12.0. The lowest BCUT2D eigenvalue weighted by Gasteiger charge is -2.09. The second-order valence-corrected chi connectivity index (χ2v) is 3.90. The van der Waals surface area contributed by atoms with Gasteiger partial charge in [-0.25, -0.2) is 4.98 Å². The molecule has 0 aliphatic rings. The average Bonchev–Trinajstić information content (AvgIpc) is 2.49. The van der Waals surface area contributed by atoms with Crippen LogP contribution in [-0.2, 0) is 0 Å². The first-order valence-corrected chi connectivity index (χ1v) is 6.58. The fraction of sp³-hybridized carbons (Fsp3) is 0.167. The largest absolute Gasteiger partial charge is 0.248 e. The van der Waals surface area contributed by atoms with Crippen molar-refractivity contribution in [1.82, 2.24) is 4.98 Å². The molecular weight excluding hydrogens is 230 g/mol. The summed E-state index contributed by atoms with van der Waals surface area (Å²) in [5.41, 5.74) is 5.21. The predicted octanol–water partition coefficient (Wildman–Crippen LogP) is 5.37. The zero-order chi connectivity index (χ0) is 14.3. The molecule has 0 N–H and O–H groups in total. The average molecular weight is 251 g/mol. The van der Waals surface area contributed by atoms with Gasteiger partial charge in [0.15, 0.2) is 0 Å². The van der Waals surface area contributed by atoms with Crippen LogP contribution in [0.2, 0.25) is 0 Å². The molecule has 0 amide bonds. The molecular formula is C18H21N. The number of hydrogen-bond acceptors (Lipinski definition) is 1. The van der Waals surface area contributed by atoms with Crippen LogP contribution in [0.25, 0.3) is 23.4 Å². The van der Waals surface area contributed by atoms with E-state index in [9.17, 15) is 0 Å². The Labute approximate surface area is 116 Å². The first-order chi connectivity index (χ1) is 9.26. The third-order valence-electron chi connectivity index (χ3n) is 2.76. The molecule has 0 fully saturated rings. The van der Waals surface area contributed by atoms with E-state index in [1.165, 1.54) is 5.56 Å². The molecule has 2 aromatic rings. The third-order valence-corrected chi connectivity index (χ3v) is 2.76. The number of benzene rings is 1. The van der Waals surface area contributed by atoms with Crippen molar-refractivity contribution in [3.63, 3.8) is 0 Å². The Kier molecular flexibility index (Phi) is 5.74. The topological polar surface area (TPSA) is 12.9 Å². The normalized spacial score (nSPS) is 9.21. The highest BCUT2D eigenvalue weighted by atomic mass is 14.7. The van der Waals surface area contributed by atoms with Crippen LogP contribution in [0.4, 0.5) is 0 Å². The maximum Gasteiger partial charge on any atom is 0.0712 e. The summed E-state index contributed by atoms with van der Waals surface area (Å²) in [6.45, 7) is 13.7. The van der Waals surface area contributed by atoms with Gasteiger partial charge in [-0.05, 0) is 24.6 Å². The van der Waals surface area contributed by atoms with Crippen molar-refractivity contribution in [2.45, 2.75) is 20.8 Å². The van der Waals surface area contributed by atoms with Crippen molar-refractivity contribution in [2.75, 3.05) is 0 Å². The summed E-state index contributed by atoms with van der Waals surface area (Å²) in [5.74, 6) is 0. The molecule has 0 aliphatic carbocycles. The minimum atomic E-state index is 0.888. The van der Waals surface area contributed by atoms with Crippen LogP contribution < -0.4 is 0 Å². The first kappa shape index (κ1) is 14.9. The fourth-order valence-corrected chi connectivity index (χ4v) is 1.89. The van der Waals surface area contributed by atoms with Gasteiger partial charge < -0.3 is 0 Å². The summed E-state index contributed by atoms with van der Waals surface area (Å²) in [6.07, 6.45) is 3.60. The Bertz CT molecular complexity index is 553. The molecule has 1 heterocycles. The van der Waals surface area contributed by atoms with Crippen LogP contribution in [-0.4, -0.2) is 4.98 Å². The summed E-state index contributed by atoms with van der Waals surface area (Å²) >= 11 is 0. The predicted molar refractivity (Wildman–Crippen MR) is 85.9 cm³/mol. The Morgan fingerprint density at radius 2 is 1.63 bits per heavy atom. The number of aryl methyl sites for hydroxylation is 1. The van der Waals surface area contributed by atoms with E-state index in [2.05, 4.69) is 43.3 Å². The van der Waals surface area contributed by atoms with E-state index >= 15 is 0 Å². The third kappa shape index (κ3) is 3.41. The van der Waals surface area contributed by atoms with Gasteiger partial charge in [-0.3, -0.25) is 0 Å². The van der Waals surface area contributed by atoms with Crippen molar-refractivity contribution in [1.29, 1.82) is 0 Å². The molecule has 19 heavy (non-hydrogen) atoms. The van der Waals surface area contributed by atoms with E-state index in [4.69, 9.17) is 0 Å². The molecule has 0 atom stereocenters. The molecule has 2 rings (SSSR count). The Morgan fingerprint density at radius 1 is 1.00 bits per heavy atom. The lowest BCUT2D eigenvalue weighted by atomic mass is 10.0. The highest BCUT2D eigenvalue weighted by molar-refractivity contribution is 5.69. The second kappa shape index (κ2) is 7.32. The number of rotatable bonds is 3. The van der Waals surface area contributed by atoms with E-state index in [0.717, 1.165) is 22.5 Å². The number of hydrogen-bond donors (Lipinski definition) is 0. The second-order valence-electron chi connectivity index (χ2n) is 3.90. The zero-order valence-electron chi connectivity index (χ0n) is 12.0. The number of nitrogens with zero attached hydrogens (tertiary/aromatic N) is 1. The summed E-state index contributed by atoms with van der Waals surface area (Å²) < 4.78 is 0. The van der Waals surface area contributed by atoms with Gasteiger partial charge in [-0.15, -0.1) is 0 Å². The van der Waals surface area contributed by atoms with Crippen molar-refractivity contribution in [3.8, 4) is 11.3 Å². The van der Waals surface area contributed by atoms with Gasteiger partial charge in [0.2, 0.25) is 0 Å². The molecule has 0 saturated carbocycles. The minimum Gasteiger partial charge on any atom is -0.248 e. The Balaban J connectivity index is 0.000000861. The molecule has 1 heteroatoms. The maximum atomic E-state index is 4.60. The van der Waals surface area contributed by atoms with Crippen LogP contribution in [0.15, 0.2) is 49.6 Å². The van der Waals surface area contributed by atoms with Gasteiger partial charge >= 0.3 is 0 Å². The standard InChI is InChI=1S/C16H15N.C2H6/c1-4-14-12(3)11-16(17-15(14)5-2)13-9-7-6-8-10-13;1-2/h4-11H,1-2H2,3H3;1-2H3. The van der Waals surface area contributed by atoms with Crippen LogP contribution in [0.5, 0.6) is 0 Å². The summed E-state index contributed by atoms with van der Waals surface area (Å²) in [7, 11) is 0. The van der Waals surface area contributed by atoms with E-state index in [1.807, 2.05) is 38.1 Å². The highest BCUT2D eigenvalue weighted by Gasteiger charge is 2.06. The molecule has 0 aliphatic heterocycles. The van der Waals surface area contributed by atoms with Crippen molar-refractivity contribution in [3.05, 3.63) is 66.4 Å². The van der Waals surface area contributed by atoms with Gasteiger partial charge in [-0.2, -0.15) is 0 Å². The van der Waals surface area contributed by atoms with Crippen molar-refractivity contribution >= 4 is 12.2 Å². The van der Waals surface area contributed by atoms with Crippen LogP contribution in [0.3, 0.4) is 0 Å². The van der Waals surface area contributed by atoms with Crippen LogP contribution in [0.1, 0.15) is 30.7 Å². The molecule has 0 spiro atoms. The molecule has 1 aromatic carbocycles. The summed E-state index contributed by atoms with van der Waals surface area (Å²) in [4.78, 5) is 4.60. The van der Waals surface area contributed by atoms with Crippen molar-refractivity contribution < 1.29 is 0 Å². The summed E-state index contributed by atoms with van der Waals surface area (Å²) in [5, 5.41) is 0. The molecule has 98 valence electrons. The van der Waals surface area contributed by atoms with E-state index < -0.39 is 0 Å². The van der Waals surface area contributed by atoms with Gasteiger partial charge in [0, 0.05) is 11.1 Å². The van der Waals surface area contributed by atoms with Gasteiger partial charge in [0.1, 0.15) is 0 Å². The van der Waals surface area contributed by atoms with Gasteiger partial charge in [-0.1, -0.05) is 63.4 Å². The van der Waals surface area contributed by atoms with Crippen molar-refractivity contribution in [2.24, 2.45) is 0 Å². The Hall–Kier alpha value is -2.15. The number of aromatic nitrogens is 1. The molecule has 0 saturated heterocycles. The quantitative estimate of drug-likeness (QED) is 0.714. The maximum absolute atomic E-state index is 4.60. The van der Waals surface area contributed by atoms with Crippen LogP contribution >= 0.6 is 0 Å². The lowest BCUT2D eigenvalue weighted by molar-refractivity contribution is 1.24. The monoisotopic (exact) mass is 251 g/mol. The number of pyridine rings is 1. The molecule has 0 unspecified atom stereocenters. The molecule has 1 aromatic heterocycles. The summed E-state index contributed by atoms with van der Waals surface area (Å²) in [6, 6.07) is 12.2. The lowest BCUT2D eigenvalue weighted by Crippen LogP contribution is -1.94. The van der Waals surface area contributed by atoms with E-state index in [1.54, 1.807) is 6.08 Å². The minimum absolute atomic E-state index is 0.888. The van der Waals surface area contributed by atoms with Gasteiger partial charge in [0.25, 0.3) is 0 Å². The molecule has 0 radical (unpaired) electrons. The highest BCUT2D eigenvalue weighted by Crippen LogP contribution is 2.23. The van der Waals surface area contributed by atoms with E-state index in [-0.39, 0.29) is 0 Å². The van der Waals surface area contributed by atoms with Gasteiger partial charge in [0.05, 0.1) is 11.4 Å².